The first-order valence-electron chi connectivity index (χ1n) is 6.00. The Bertz CT molecular complexity index is 508. The summed E-state index contributed by atoms with van der Waals surface area (Å²) in [6.45, 7) is 4.22. The van der Waals surface area contributed by atoms with Gasteiger partial charge in [-0.1, -0.05) is 12.1 Å². The van der Waals surface area contributed by atoms with Gasteiger partial charge >= 0.3 is 0 Å². The maximum atomic E-state index is 4.48. The molecule has 1 atom stereocenters. The van der Waals surface area contributed by atoms with Gasteiger partial charge in [-0.2, -0.15) is 0 Å². The second-order valence-electron chi connectivity index (χ2n) is 4.25. The molecule has 2 aromatic rings. The van der Waals surface area contributed by atoms with Crippen LogP contribution in [0.1, 0.15) is 29.2 Å². The fourth-order valence-corrected chi connectivity index (χ4v) is 3.41. The fraction of sp³-hybridized carbons (Fsp3) is 0.357. The van der Waals surface area contributed by atoms with Gasteiger partial charge in [-0.05, 0) is 38.6 Å². The molecule has 1 heterocycles. The molecule has 0 saturated carbocycles. The van der Waals surface area contributed by atoms with Crippen LogP contribution in [0.4, 0.5) is 0 Å². The maximum absolute atomic E-state index is 4.48. The summed E-state index contributed by atoms with van der Waals surface area (Å²) in [6, 6.07) is 9.10. The van der Waals surface area contributed by atoms with Crippen LogP contribution in [0.3, 0.4) is 0 Å². The Morgan fingerprint density at radius 3 is 2.94 bits per heavy atom. The quantitative estimate of drug-likeness (QED) is 0.836. The van der Waals surface area contributed by atoms with Crippen LogP contribution in [0, 0.1) is 6.92 Å². The van der Waals surface area contributed by atoms with E-state index in [0.717, 1.165) is 11.4 Å². The average Bonchev–Trinajstić information content (AvgIpc) is 2.81. The number of nitrogens with one attached hydrogen (secondary N) is 1. The second kappa shape index (κ2) is 6.36. The van der Waals surface area contributed by atoms with Crippen molar-refractivity contribution < 1.29 is 0 Å². The third-order valence-electron chi connectivity index (χ3n) is 2.82. The summed E-state index contributed by atoms with van der Waals surface area (Å²) in [5.74, 6) is 0.954. The zero-order chi connectivity index (χ0) is 13.0. The van der Waals surface area contributed by atoms with Gasteiger partial charge in [0.2, 0.25) is 0 Å². The van der Waals surface area contributed by atoms with Crippen molar-refractivity contribution in [1.29, 1.82) is 0 Å². The van der Waals surface area contributed by atoms with Crippen molar-refractivity contribution in [2.75, 3.05) is 7.05 Å². The van der Waals surface area contributed by atoms with Crippen LogP contribution in [0.15, 0.2) is 34.5 Å². The van der Waals surface area contributed by atoms with Crippen molar-refractivity contribution in [3.8, 4) is 0 Å². The molecule has 2 rings (SSSR count). The highest BCUT2D eigenvalue weighted by atomic mass is 32.2. The van der Waals surface area contributed by atoms with Crippen molar-refractivity contribution >= 4 is 23.1 Å². The van der Waals surface area contributed by atoms with Gasteiger partial charge in [0.05, 0.1) is 5.75 Å². The molecule has 0 aliphatic rings. The lowest BCUT2D eigenvalue weighted by molar-refractivity contribution is 0.651. The molecule has 0 fully saturated rings. The molecule has 2 nitrogen and oxygen atoms in total. The first-order valence-corrected chi connectivity index (χ1v) is 7.86. The van der Waals surface area contributed by atoms with Gasteiger partial charge < -0.3 is 5.32 Å². The number of aromatic nitrogens is 1. The summed E-state index contributed by atoms with van der Waals surface area (Å²) in [7, 11) is 1.99. The molecule has 1 aromatic carbocycles. The number of thiazole rings is 1. The Kier molecular flexibility index (Phi) is 4.80. The van der Waals surface area contributed by atoms with Crippen LogP contribution >= 0.6 is 23.1 Å². The lowest BCUT2D eigenvalue weighted by atomic mass is 10.1. The predicted octanol–water partition coefficient (Wildman–Crippen LogP) is 4.02. The molecular formula is C14H18N2S2. The van der Waals surface area contributed by atoms with E-state index in [2.05, 4.69) is 46.9 Å². The molecular weight excluding hydrogens is 260 g/mol. The van der Waals surface area contributed by atoms with E-state index < -0.39 is 0 Å². The van der Waals surface area contributed by atoms with E-state index in [0.29, 0.717) is 6.04 Å². The lowest BCUT2D eigenvalue weighted by Gasteiger charge is -2.11. The third kappa shape index (κ3) is 3.57. The van der Waals surface area contributed by atoms with Gasteiger partial charge in [-0.15, -0.1) is 23.1 Å². The van der Waals surface area contributed by atoms with Crippen LogP contribution in [-0.2, 0) is 5.75 Å². The van der Waals surface area contributed by atoms with E-state index in [1.54, 1.807) is 11.3 Å². The Balaban J connectivity index is 2.01. The number of benzene rings is 1. The normalized spacial score (nSPS) is 12.6. The fourth-order valence-electron chi connectivity index (χ4n) is 1.65. The zero-order valence-electron chi connectivity index (χ0n) is 10.9. The minimum absolute atomic E-state index is 0.396. The summed E-state index contributed by atoms with van der Waals surface area (Å²) in [5.41, 5.74) is 2.45. The summed E-state index contributed by atoms with van der Waals surface area (Å²) in [4.78, 5) is 5.79. The average molecular weight is 278 g/mol. The van der Waals surface area contributed by atoms with Crippen molar-refractivity contribution in [3.05, 3.63) is 45.9 Å². The zero-order valence-corrected chi connectivity index (χ0v) is 12.6. The van der Waals surface area contributed by atoms with E-state index in [1.165, 1.54) is 15.5 Å². The molecule has 0 amide bonds. The molecule has 0 aliphatic carbocycles. The summed E-state index contributed by atoms with van der Waals surface area (Å²) in [5, 5.41) is 6.57. The molecule has 0 aliphatic heterocycles. The molecule has 0 spiro atoms. The summed E-state index contributed by atoms with van der Waals surface area (Å²) < 4.78 is 0. The standard InChI is InChI=1S/C14H18N2S2/c1-10-8-18-14(16-10)9-17-13-6-4-5-12(7-13)11(2)15-3/h4-8,11,15H,9H2,1-3H3. The number of rotatable bonds is 5. The monoisotopic (exact) mass is 278 g/mol. The van der Waals surface area contributed by atoms with E-state index in [9.17, 15) is 0 Å². The van der Waals surface area contributed by atoms with E-state index in [1.807, 2.05) is 25.7 Å². The van der Waals surface area contributed by atoms with Crippen molar-refractivity contribution in [2.45, 2.75) is 30.5 Å². The molecule has 1 aromatic heterocycles. The molecule has 1 unspecified atom stereocenters. The SMILES string of the molecule is CNC(C)c1cccc(SCc2nc(C)cs2)c1. The molecule has 0 bridgehead atoms. The van der Waals surface area contributed by atoms with E-state index in [4.69, 9.17) is 0 Å². The third-order valence-corrected chi connectivity index (χ3v) is 4.97. The predicted molar refractivity (Wildman–Crippen MR) is 80.3 cm³/mol. The number of hydrogen-bond acceptors (Lipinski definition) is 4. The molecule has 0 radical (unpaired) electrons. The largest absolute Gasteiger partial charge is 0.313 e. The smallest absolute Gasteiger partial charge is 0.103 e. The molecule has 4 heteroatoms. The summed E-state index contributed by atoms with van der Waals surface area (Å²) >= 11 is 3.59. The van der Waals surface area contributed by atoms with Crippen LogP contribution in [0.5, 0.6) is 0 Å². The Morgan fingerprint density at radius 1 is 1.44 bits per heavy atom. The van der Waals surface area contributed by atoms with Crippen molar-refractivity contribution in [3.63, 3.8) is 0 Å². The highest BCUT2D eigenvalue weighted by Crippen LogP contribution is 2.26. The molecule has 0 saturated heterocycles. The van der Waals surface area contributed by atoms with Gasteiger partial charge in [-0.3, -0.25) is 0 Å². The van der Waals surface area contributed by atoms with Gasteiger partial charge in [0.1, 0.15) is 5.01 Å². The molecule has 96 valence electrons. The number of aryl methyl sites for hydroxylation is 1. The number of hydrogen-bond donors (Lipinski definition) is 1. The van der Waals surface area contributed by atoms with Gasteiger partial charge in [0.15, 0.2) is 0 Å². The number of nitrogens with zero attached hydrogens (tertiary/aromatic N) is 1. The highest BCUT2D eigenvalue weighted by molar-refractivity contribution is 7.98. The molecule has 1 N–H and O–H groups in total. The van der Waals surface area contributed by atoms with Gasteiger partial charge in [0, 0.05) is 22.0 Å². The Morgan fingerprint density at radius 2 is 2.28 bits per heavy atom. The minimum atomic E-state index is 0.396. The first-order chi connectivity index (χ1) is 8.69. The van der Waals surface area contributed by atoms with E-state index in [-0.39, 0.29) is 0 Å². The lowest BCUT2D eigenvalue weighted by Crippen LogP contribution is -2.11. The van der Waals surface area contributed by atoms with Gasteiger partial charge in [-0.25, -0.2) is 4.98 Å². The van der Waals surface area contributed by atoms with Gasteiger partial charge in [0.25, 0.3) is 0 Å². The number of thioether (sulfide) groups is 1. The van der Waals surface area contributed by atoms with Crippen LogP contribution in [-0.4, -0.2) is 12.0 Å². The van der Waals surface area contributed by atoms with E-state index >= 15 is 0 Å². The molecule has 18 heavy (non-hydrogen) atoms. The second-order valence-corrected chi connectivity index (χ2v) is 6.25. The topological polar surface area (TPSA) is 24.9 Å². The maximum Gasteiger partial charge on any atom is 0.103 e. The first kappa shape index (κ1) is 13.6. The highest BCUT2D eigenvalue weighted by Gasteiger charge is 2.04. The Hall–Kier alpha value is -0.840. The van der Waals surface area contributed by atoms with Crippen molar-refractivity contribution in [1.82, 2.24) is 10.3 Å². The van der Waals surface area contributed by atoms with Crippen LogP contribution in [0.25, 0.3) is 0 Å². The van der Waals surface area contributed by atoms with Crippen molar-refractivity contribution in [2.24, 2.45) is 0 Å². The van der Waals surface area contributed by atoms with Crippen LogP contribution < -0.4 is 5.32 Å². The Labute approximate surface area is 117 Å². The van der Waals surface area contributed by atoms with Crippen LogP contribution in [0.2, 0.25) is 0 Å². The summed E-state index contributed by atoms with van der Waals surface area (Å²) in [6.07, 6.45) is 0. The minimum Gasteiger partial charge on any atom is -0.313 e.